The van der Waals surface area contributed by atoms with Crippen LogP contribution in [0.5, 0.6) is 0 Å². The van der Waals surface area contributed by atoms with E-state index in [2.05, 4.69) is 48.7 Å². The van der Waals surface area contributed by atoms with E-state index in [0.29, 0.717) is 36.6 Å². The first-order chi connectivity index (χ1) is 28.5. The van der Waals surface area contributed by atoms with E-state index in [4.69, 9.17) is 37.9 Å². The van der Waals surface area contributed by atoms with E-state index in [1.165, 1.54) is 25.9 Å². The van der Waals surface area contributed by atoms with Crippen LogP contribution in [-0.4, -0.2) is 168 Å². The van der Waals surface area contributed by atoms with Crippen LogP contribution in [0.4, 0.5) is 0 Å². The summed E-state index contributed by atoms with van der Waals surface area (Å²) >= 11 is 0. The van der Waals surface area contributed by atoms with E-state index >= 15 is 4.79 Å². The van der Waals surface area contributed by atoms with Crippen molar-refractivity contribution in [3.8, 4) is 0 Å². The molecule has 3 unspecified atom stereocenters. The van der Waals surface area contributed by atoms with E-state index in [-0.39, 0.29) is 84.8 Å². The number of hydrogen-bond acceptors (Lipinski definition) is 13. The second-order valence-electron chi connectivity index (χ2n) is 19.5. The van der Waals surface area contributed by atoms with Crippen molar-refractivity contribution in [2.75, 3.05) is 68.2 Å². The smallest absolute Gasteiger partial charge is 0.306 e. The fourth-order valence-corrected chi connectivity index (χ4v) is 12.8. The van der Waals surface area contributed by atoms with Gasteiger partial charge in [0.1, 0.15) is 24.4 Å². The van der Waals surface area contributed by atoms with Gasteiger partial charge in [-0.25, -0.2) is 0 Å². The third kappa shape index (κ3) is 9.00. The van der Waals surface area contributed by atoms with Crippen molar-refractivity contribution in [1.82, 2.24) is 14.7 Å². The van der Waals surface area contributed by atoms with Crippen molar-refractivity contribution in [3.63, 3.8) is 0 Å². The number of nitrogens with zero attached hydrogens (tertiary/aromatic N) is 3. The molecule has 3 aliphatic carbocycles. The van der Waals surface area contributed by atoms with Crippen molar-refractivity contribution in [2.45, 2.75) is 165 Å². The second kappa shape index (κ2) is 19.1. The van der Waals surface area contributed by atoms with Crippen LogP contribution in [0.25, 0.3) is 0 Å². The molecular formula is C46H75N3O10. The number of ether oxygens (including phenoxy) is 8. The molecule has 334 valence electrons. The van der Waals surface area contributed by atoms with Gasteiger partial charge in [-0.1, -0.05) is 19.9 Å². The molecule has 0 aromatic rings. The first kappa shape index (κ1) is 44.1. The maximum Gasteiger partial charge on any atom is 0.306 e. The number of rotatable bonds is 12. The van der Waals surface area contributed by atoms with Gasteiger partial charge in [0.15, 0.2) is 18.4 Å². The van der Waals surface area contributed by atoms with E-state index in [9.17, 15) is 4.79 Å². The third-order valence-corrected chi connectivity index (χ3v) is 16.1. The van der Waals surface area contributed by atoms with E-state index in [1.54, 1.807) is 21.3 Å². The number of fused-ring (bicyclic) bond motifs is 8. The van der Waals surface area contributed by atoms with Gasteiger partial charge in [-0.3, -0.25) is 14.5 Å². The number of ketones is 1. The molecule has 0 aromatic heterocycles. The van der Waals surface area contributed by atoms with Crippen LogP contribution < -0.4 is 0 Å². The highest BCUT2D eigenvalue weighted by atomic mass is 16.7. The highest BCUT2D eigenvalue weighted by Gasteiger charge is 2.69. The maximum atomic E-state index is 15.1. The molecule has 5 heterocycles. The van der Waals surface area contributed by atoms with Crippen LogP contribution in [0.3, 0.4) is 0 Å². The summed E-state index contributed by atoms with van der Waals surface area (Å²) in [6.45, 7) is 11.2. The molecule has 0 N–H and O–H groups in total. The molecule has 59 heavy (non-hydrogen) atoms. The summed E-state index contributed by atoms with van der Waals surface area (Å²) in [7, 11) is 9.24. The van der Waals surface area contributed by atoms with Crippen molar-refractivity contribution in [1.29, 1.82) is 0 Å². The molecule has 13 heteroatoms. The van der Waals surface area contributed by atoms with Crippen LogP contribution in [-0.2, 0) is 47.5 Å². The summed E-state index contributed by atoms with van der Waals surface area (Å²) in [5, 5.41) is 0. The molecule has 5 aliphatic heterocycles. The van der Waals surface area contributed by atoms with Gasteiger partial charge in [-0.2, -0.15) is 0 Å². The number of cyclic esters (lactones) is 1. The average molecular weight is 830 g/mol. The third-order valence-electron chi connectivity index (χ3n) is 16.1. The largest absolute Gasteiger partial charge is 0.462 e. The molecule has 8 aliphatic rings. The second-order valence-corrected chi connectivity index (χ2v) is 19.5. The molecule has 0 aromatic carbocycles. The van der Waals surface area contributed by atoms with Crippen LogP contribution in [0, 0.1) is 35.5 Å². The fraction of sp³-hybridized carbons (Fsp3) is 0.913. The Kier molecular flexibility index (Phi) is 14.3. The number of Topliss-reactive ketones (excluding diaryl/α,β-unsaturated/α-hetero) is 1. The summed E-state index contributed by atoms with van der Waals surface area (Å²) in [6, 6.07) is 1.09. The molecule has 2 saturated carbocycles. The lowest BCUT2D eigenvalue weighted by Gasteiger charge is -2.44. The molecule has 0 bridgehead atoms. The zero-order chi connectivity index (χ0) is 41.5. The van der Waals surface area contributed by atoms with Gasteiger partial charge in [0.05, 0.1) is 31.3 Å². The van der Waals surface area contributed by atoms with Crippen molar-refractivity contribution < 1.29 is 47.5 Å². The number of carbonyl (C=O) groups excluding carboxylic acids is 2. The maximum absolute atomic E-state index is 15.1. The van der Waals surface area contributed by atoms with Crippen LogP contribution in [0.15, 0.2) is 11.6 Å². The predicted molar refractivity (Wildman–Crippen MR) is 220 cm³/mol. The van der Waals surface area contributed by atoms with Gasteiger partial charge in [0.25, 0.3) is 0 Å². The predicted octanol–water partition coefficient (Wildman–Crippen LogP) is 4.69. The molecule has 13 nitrogen and oxygen atoms in total. The SMILES string of the molecule is CC[C@H]1CCC[C@H](O[C@H]2CC[C@H](N(C)C)CO2)[C@@H](C)C(=O)C2=C[C@H]3[C@@H]4C[C@H](O[C@@H]5OC(C)[C@H](OC)C(OC)[C@@H]5OC)C[C@H]4[C@H]4[C@@H]([C@H]3[C@@H]2CC(=O)O1)N4CCN1CCCC1. The molecular weight excluding hydrogens is 755 g/mol. The Bertz CT molecular complexity index is 1470. The number of methoxy groups -OCH3 is 3. The van der Waals surface area contributed by atoms with Gasteiger partial charge >= 0.3 is 5.97 Å². The van der Waals surface area contributed by atoms with E-state index < -0.39 is 12.4 Å². The Morgan fingerprint density at radius 1 is 0.847 bits per heavy atom. The lowest BCUT2D eigenvalue weighted by molar-refractivity contribution is -0.314. The summed E-state index contributed by atoms with van der Waals surface area (Å²) in [5.41, 5.74) is 0.830. The minimum absolute atomic E-state index is 0.0350. The number of esters is 1. The highest BCUT2D eigenvalue weighted by molar-refractivity contribution is 5.99. The number of likely N-dealkylation sites (tertiary alicyclic amines) is 2. The first-order valence-electron chi connectivity index (χ1n) is 23.3. The van der Waals surface area contributed by atoms with Gasteiger partial charge < -0.3 is 47.7 Å². The standard InChI is InChI=1S/C46H75N3O10/c1-9-29-13-12-14-36(59-38-16-15-28(25-55-38)47(4)5)26(2)42(51)35-23-32-31-21-30(58-46-45(54-8)44(53-7)43(52-6)27(3)56-46)22-34(31)40-41(39(32)33(35)24-37(50)57-29)49(40)20-19-48-17-10-11-18-48/h23,26-34,36,38-41,43-46H,9-22,24-25H2,1-8H3/t26-,27?,28+,29+,30+,31+,32+,33-,34-,36+,38+,39-,40+,41-,43+,44?,45+,46+,49?/m1/s1. The molecule has 0 amide bonds. The van der Waals surface area contributed by atoms with Crippen molar-refractivity contribution >= 4 is 11.8 Å². The zero-order valence-electron chi connectivity index (χ0n) is 37.2. The summed E-state index contributed by atoms with van der Waals surface area (Å²) in [6.07, 6.45) is 9.16. The van der Waals surface area contributed by atoms with Crippen molar-refractivity contribution in [3.05, 3.63) is 11.6 Å². The van der Waals surface area contributed by atoms with Gasteiger partial charge in [-0.15, -0.1) is 0 Å². The van der Waals surface area contributed by atoms with E-state index in [1.807, 2.05) is 6.92 Å². The van der Waals surface area contributed by atoms with Crippen molar-refractivity contribution in [2.24, 2.45) is 35.5 Å². The normalized spacial score (nSPS) is 46.7. The molecule has 0 spiro atoms. The van der Waals surface area contributed by atoms with Crippen LogP contribution >= 0.6 is 0 Å². The molecule has 5 saturated heterocycles. The lowest BCUT2D eigenvalue weighted by Crippen LogP contribution is -2.59. The summed E-state index contributed by atoms with van der Waals surface area (Å²) in [5.74, 6) is 0.497. The fourth-order valence-electron chi connectivity index (χ4n) is 12.8. The molecule has 7 fully saturated rings. The van der Waals surface area contributed by atoms with Gasteiger partial charge in [0, 0.05) is 64.4 Å². The molecule has 19 atom stereocenters. The minimum Gasteiger partial charge on any atom is -0.462 e. The lowest BCUT2D eigenvalue weighted by atomic mass is 9.66. The van der Waals surface area contributed by atoms with Crippen LogP contribution in [0.1, 0.15) is 91.4 Å². The Hall–Kier alpha value is -1.52. The van der Waals surface area contributed by atoms with E-state index in [0.717, 1.165) is 70.0 Å². The number of hydrogen-bond donors (Lipinski definition) is 0. The van der Waals surface area contributed by atoms with Gasteiger partial charge in [0.2, 0.25) is 0 Å². The number of carbonyl (C=O) groups is 2. The summed E-state index contributed by atoms with van der Waals surface area (Å²) < 4.78 is 50.4. The Morgan fingerprint density at radius 3 is 2.27 bits per heavy atom. The Balaban J connectivity index is 1.07. The van der Waals surface area contributed by atoms with Crippen LogP contribution in [0.2, 0.25) is 0 Å². The summed E-state index contributed by atoms with van der Waals surface area (Å²) in [4.78, 5) is 36.6. The average Bonchev–Trinajstić information content (AvgIpc) is 3.58. The molecule has 0 radical (unpaired) electrons. The quantitative estimate of drug-likeness (QED) is 0.200. The minimum atomic E-state index is -0.590. The molecule has 8 rings (SSSR count). The number of likely N-dealkylation sites (N-methyl/N-ethyl adjacent to an activating group) is 1. The monoisotopic (exact) mass is 830 g/mol. The first-order valence-corrected chi connectivity index (χ1v) is 23.3. The zero-order valence-corrected chi connectivity index (χ0v) is 37.2. The topological polar surface area (TPSA) is 117 Å². The number of allylic oxidation sites excluding steroid dienone is 2. The highest BCUT2D eigenvalue weighted by Crippen LogP contribution is 2.64. The Morgan fingerprint density at radius 2 is 1.59 bits per heavy atom. The van der Waals surface area contributed by atoms with Gasteiger partial charge in [-0.05, 0) is 128 Å². The Labute approximate surface area is 353 Å².